The van der Waals surface area contributed by atoms with Crippen LogP contribution in [0.5, 0.6) is 0 Å². The minimum absolute atomic E-state index is 0.00444. The molecule has 0 amide bonds. The first-order chi connectivity index (χ1) is 7.80. The summed E-state index contributed by atoms with van der Waals surface area (Å²) in [5.74, 6) is 0.375. The summed E-state index contributed by atoms with van der Waals surface area (Å²) in [5, 5.41) is 3.65. The third kappa shape index (κ3) is 2.42. The van der Waals surface area contributed by atoms with Gasteiger partial charge in [-0.1, -0.05) is 26.0 Å². The van der Waals surface area contributed by atoms with Gasteiger partial charge in [0, 0.05) is 22.7 Å². The molecule has 0 radical (unpaired) electrons. The molecule has 0 aliphatic carbocycles. The number of allylic oxidation sites excluding steroid dienone is 1. The molecule has 1 aliphatic heterocycles. The van der Waals surface area contributed by atoms with Crippen molar-refractivity contribution in [3.8, 4) is 0 Å². The maximum Gasteiger partial charge on any atom is 0.0349 e. The van der Waals surface area contributed by atoms with Crippen LogP contribution in [-0.4, -0.2) is 11.6 Å². The second-order valence-corrected chi connectivity index (χ2v) is 6.04. The molecule has 3 unspecified atom stereocenters. The fourth-order valence-electron chi connectivity index (χ4n) is 3.08. The lowest BCUT2D eigenvalue weighted by molar-refractivity contribution is 0.196. The van der Waals surface area contributed by atoms with Crippen LogP contribution in [0.3, 0.4) is 0 Å². The second-order valence-electron chi connectivity index (χ2n) is 6.04. The van der Waals surface area contributed by atoms with Crippen molar-refractivity contribution >= 4 is 0 Å². The van der Waals surface area contributed by atoms with Gasteiger partial charge in [-0.15, -0.1) is 6.58 Å². The van der Waals surface area contributed by atoms with E-state index in [1.54, 1.807) is 0 Å². The van der Waals surface area contributed by atoms with Gasteiger partial charge in [0.15, 0.2) is 0 Å². The number of hydrogen-bond acceptors (Lipinski definition) is 2. The first-order valence-corrected chi connectivity index (χ1v) is 6.67. The molecule has 0 bridgehead atoms. The van der Waals surface area contributed by atoms with Crippen molar-refractivity contribution < 1.29 is 0 Å². The smallest absolute Gasteiger partial charge is 0.0349 e. The maximum absolute atomic E-state index is 6.30. The van der Waals surface area contributed by atoms with Crippen molar-refractivity contribution in [2.24, 2.45) is 17.1 Å². The Labute approximate surface area is 106 Å². The van der Waals surface area contributed by atoms with E-state index in [1.165, 1.54) is 5.70 Å². The molecule has 1 rings (SSSR count). The van der Waals surface area contributed by atoms with Crippen molar-refractivity contribution in [1.82, 2.24) is 5.32 Å². The Morgan fingerprint density at radius 2 is 2.18 bits per heavy atom. The third-order valence-corrected chi connectivity index (χ3v) is 4.35. The summed E-state index contributed by atoms with van der Waals surface area (Å²) >= 11 is 0. The van der Waals surface area contributed by atoms with Gasteiger partial charge < -0.3 is 11.1 Å². The Balaban J connectivity index is 3.12. The van der Waals surface area contributed by atoms with Crippen LogP contribution < -0.4 is 11.1 Å². The van der Waals surface area contributed by atoms with Gasteiger partial charge in [0.2, 0.25) is 0 Å². The minimum Gasteiger partial charge on any atom is -0.383 e. The summed E-state index contributed by atoms with van der Waals surface area (Å²) in [5.41, 5.74) is 7.76. The largest absolute Gasteiger partial charge is 0.383 e. The average molecular weight is 236 g/mol. The van der Waals surface area contributed by atoms with Crippen LogP contribution in [0, 0.1) is 11.3 Å². The molecule has 1 heterocycles. The summed E-state index contributed by atoms with van der Waals surface area (Å²) in [6, 6.07) is 0.119. The van der Waals surface area contributed by atoms with Crippen LogP contribution in [0.2, 0.25) is 0 Å². The van der Waals surface area contributed by atoms with Gasteiger partial charge in [0.1, 0.15) is 0 Å². The molecule has 2 heteroatoms. The summed E-state index contributed by atoms with van der Waals surface area (Å²) in [6.45, 7) is 15.0. The lowest BCUT2D eigenvalue weighted by Gasteiger charge is -2.43. The van der Waals surface area contributed by atoms with Crippen LogP contribution in [0.15, 0.2) is 24.4 Å². The van der Waals surface area contributed by atoms with Gasteiger partial charge in [-0.25, -0.2) is 0 Å². The number of hydrogen-bond donors (Lipinski definition) is 2. The van der Waals surface area contributed by atoms with Crippen LogP contribution in [-0.2, 0) is 0 Å². The van der Waals surface area contributed by atoms with E-state index in [1.807, 2.05) is 6.08 Å². The van der Waals surface area contributed by atoms with E-state index in [-0.39, 0.29) is 17.0 Å². The highest BCUT2D eigenvalue weighted by Gasteiger charge is 2.43. The maximum atomic E-state index is 6.30. The third-order valence-electron chi connectivity index (χ3n) is 4.35. The summed E-state index contributed by atoms with van der Waals surface area (Å²) in [6.07, 6.45) is 6.46. The zero-order valence-corrected chi connectivity index (χ0v) is 12.0. The molecule has 0 fully saturated rings. The lowest BCUT2D eigenvalue weighted by Crippen LogP contribution is -2.50. The highest BCUT2D eigenvalue weighted by molar-refractivity contribution is 5.26. The fourth-order valence-corrected chi connectivity index (χ4v) is 3.08. The molecular formula is C15H28N2. The Morgan fingerprint density at radius 1 is 1.59 bits per heavy atom. The monoisotopic (exact) mass is 236 g/mol. The van der Waals surface area contributed by atoms with Gasteiger partial charge in [0.05, 0.1) is 0 Å². The molecule has 0 saturated heterocycles. The van der Waals surface area contributed by atoms with E-state index < -0.39 is 0 Å². The van der Waals surface area contributed by atoms with E-state index >= 15 is 0 Å². The standard InChI is InChI=1S/C15H28N2/c1-7-11(3)15(8-2,12(4)16)13-9-10-14(5,6)17-13/h7,9,11-12,17H,1,8,10,16H2,2-6H3. The van der Waals surface area contributed by atoms with Crippen molar-refractivity contribution in [1.29, 1.82) is 0 Å². The van der Waals surface area contributed by atoms with Crippen LogP contribution in [0.4, 0.5) is 0 Å². The SMILES string of the molecule is C=CC(C)C(CC)(C1=CCC(C)(C)N1)C(C)N. The molecule has 3 atom stereocenters. The lowest BCUT2D eigenvalue weighted by atomic mass is 9.67. The second kappa shape index (κ2) is 4.85. The molecule has 2 nitrogen and oxygen atoms in total. The molecule has 98 valence electrons. The molecule has 0 spiro atoms. The van der Waals surface area contributed by atoms with Crippen LogP contribution in [0.25, 0.3) is 0 Å². The number of nitrogens with one attached hydrogen (secondary N) is 1. The Bertz CT molecular complexity index is 315. The van der Waals surface area contributed by atoms with E-state index in [0.717, 1.165) is 12.8 Å². The van der Waals surface area contributed by atoms with E-state index in [4.69, 9.17) is 5.73 Å². The van der Waals surface area contributed by atoms with Gasteiger partial charge in [0.25, 0.3) is 0 Å². The molecule has 3 N–H and O–H groups in total. The molecule has 0 aromatic heterocycles. The fraction of sp³-hybridized carbons (Fsp3) is 0.733. The first-order valence-electron chi connectivity index (χ1n) is 6.67. The van der Waals surface area contributed by atoms with Crippen molar-refractivity contribution in [2.75, 3.05) is 0 Å². The molecule has 1 aliphatic rings. The van der Waals surface area contributed by atoms with Gasteiger partial charge in [-0.2, -0.15) is 0 Å². The predicted molar refractivity (Wildman–Crippen MR) is 75.6 cm³/mol. The zero-order valence-electron chi connectivity index (χ0n) is 12.0. The topological polar surface area (TPSA) is 38.0 Å². The van der Waals surface area contributed by atoms with Crippen LogP contribution in [0.1, 0.15) is 47.5 Å². The van der Waals surface area contributed by atoms with E-state index in [0.29, 0.717) is 5.92 Å². The van der Waals surface area contributed by atoms with Gasteiger partial charge in [-0.05, 0) is 39.5 Å². The van der Waals surface area contributed by atoms with Crippen molar-refractivity contribution in [2.45, 2.75) is 59.0 Å². The van der Waals surface area contributed by atoms with Crippen molar-refractivity contribution in [3.63, 3.8) is 0 Å². The zero-order chi connectivity index (χ0) is 13.3. The summed E-state index contributed by atoms with van der Waals surface area (Å²) < 4.78 is 0. The van der Waals surface area contributed by atoms with Crippen LogP contribution >= 0.6 is 0 Å². The molecule has 17 heavy (non-hydrogen) atoms. The van der Waals surface area contributed by atoms with E-state index in [2.05, 4.69) is 52.6 Å². The number of rotatable bonds is 5. The summed E-state index contributed by atoms with van der Waals surface area (Å²) in [7, 11) is 0. The number of nitrogens with two attached hydrogens (primary N) is 1. The molecule has 0 aromatic carbocycles. The molecule has 0 saturated carbocycles. The first kappa shape index (κ1) is 14.3. The highest BCUT2D eigenvalue weighted by Crippen LogP contribution is 2.44. The predicted octanol–water partition coefficient (Wildman–Crippen LogP) is 3.21. The molecular weight excluding hydrogens is 208 g/mol. The van der Waals surface area contributed by atoms with E-state index in [9.17, 15) is 0 Å². The molecule has 0 aromatic rings. The highest BCUT2D eigenvalue weighted by atomic mass is 15.0. The Hall–Kier alpha value is -0.760. The Kier molecular flexibility index (Phi) is 4.08. The quantitative estimate of drug-likeness (QED) is 0.719. The van der Waals surface area contributed by atoms with Gasteiger partial charge >= 0.3 is 0 Å². The van der Waals surface area contributed by atoms with Crippen molar-refractivity contribution in [3.05, 3.63) is 24.4 Å². The summed E-state index contributed by atoms with van der Waals surface area (Å²) in [4.78, 5) is 0. The van der Waals surface area contributed by atoms with Gasteiger partial charge in [-0.3, -0.25) is 0 Å². The normalized spacial score (nSPS) is 25.4. The Morgan fingerprint density at radius 3 is 2.47 bits per heavy atom. The average Bonchev–Trinajstić information content (AvgIpc) is 2.60. The minimum atomic E-state index is -0.00444.